The summed E-state index contributed by atoms with van der Waals surface area (Å²) in [6.07, 6.45) is 1.06. The third-order valence-corrected chi connectivity index (χ3v) is 1.98. The van der Waals surface area contributed by atoms with E-state index in [1.54, 1.807) is 7.11 Å². The van der Waals surface area contributed by atoms with E-state index >= 15 is 0 Å². The van der Waals surface area contributed by atoms with Gasteiger partial charge in [-0.05, 0) is 25.8 Å². The molecule has 0 aromatic carbocycles. The van der Waals surface area contributed by atoms with Crippen molar-refractivity contribution >= 4 is 5.97 Å². The fourth-order valence-electron chi connectivity index (χ4n) is 1.03. The topological polar surface area (TPSA) is 61.5 Å². The molecule has 0 aliphatic rings. The van der Waals surface area contributed by atoms with Crippen molar-refractivity contribution < 1.29 is 14.3 Å². The van der Waals surface area contributed by atoms with Crippen LogP contribution in [0.1, 0.15) is 26.7 Å². The molecule has 2 N–H and O–H groups in total. The minimum Gasteiger partial charge on any atom is -0.460 e. The molecule has 14 heavy (non-hydrogen) atoms. The van der Waals surface area contributed by atoms with Crippen LogP contribution >= 0.6 is 0 Å². The second kappa shape index (κ2) is 7.76. The van der Waals surface area contributed by atoms with Crippen molar-refractivity contribution in [2.45, 2.75) is 32.8 Å². The van der Waals surface area contributed by atoms with Gasteiger partial charge in [0.15, 0.2) is 0 Å². The number of nitrogens with two attached hydrogens (primary N) is 1. The number of carbonyl (C=O) groups is 1. The third-order valence-electron chi connectivity index (χ3n) is 1.98. The maximum atomic E-state index is 11.2. The molecule has 2 unspecified atom stereocenters. The maximum Gasteiger partial charge on any atom is 0.306 e. The Kier molecular flexibility index (Phi) is 7.42. The van der Waals surface area contributed by atoms with Gasteiger partial charge in [0.1, 0.15) is 6.10 Å². The Hall–Kier alpha value is -0.610. The quantitative estimate of drug-likeness (QED) is 0.625. The average Bonchev–Trinajstić information content (AvgIpc) is 2.14. The molecule has 84 valence electrons. The van der Waals surface area contributed by atoms with Gasteiger partial charge in [-0.2, -0.15) is 0 Å². The van der Waals surface area contributed by atoms with Gasteiger partial charge in [-0.15, -0.1) is 0 Å². The lowest BCUT2D eigenvalue weighted by Crippen LogP contribution is -2.20. The van der Waals surface area contributed by atoms with Crippen molar-refractivity contribution in [3.8, 4) is 0 Å². The van der Waals surface area contributed by atoms with E-state index in [1.165, 1.54) is 0 Å². The smallest absolute Gasteiger partial charge is 0.306 e. The summed E-state index contributed by atoms with van der Waals surface area (Å²) in [5.74, 6) is 0.204. The Labute approximate surface area is 85.8 Å². The van der Waals surface area contributed by atoms with E-state index in [2.05, 4.69) is 0 Å². The lowest BCUT2D eigenvalue weighted by Gasteiger charge is -2.13. The molecule has 0 bridgehead atoms. The van der Waals surface area contributed by atoms with Gasteiger partial charge in [0, 0.05) is 13.5 Å². The second-order valence-electron chi connectivity index (χ2n) is 3.64. The van der Waals surface area contributed by atoms with E-state index in [0.717, 1.165) is 6.42 Å². The minimum atomic E-state index is -0.171. The number of methoxy groups -OCH3 is 1. The molecule has 0 spiro atoms. The number of carbonyl (C=O) groups excluding carboxylic acids is 1. The summed E-state index contributed by atoms with van der Waals surface area (Å²) in [5.41, 5.74) is 5.44. The number of rotatable bonds is 7. The van der Waals surface area contributed by atoms with Crippen molar-refractivity contribution in [1.82, 2.24) is 0 Å². The van der Waals surface area contributed by atoms with E-state index in [9.17, 15) is 4.79 Å². The Balaban J connectivity index is 3.54. The van der Waals surface area contributed by atoms with Crippen LogP contribution in [0.25, 0.3) is 0 Å². The Morgan fingerprint density at radius 2 is 2.07 bits per heavy atom. The Bertz CT molecular complexity index is 161. The molecule has 4 heteroatoms. The summed E-state index contributed by atoms with van der Waals surface area (Å²) in [7, 11) is 1.58. The molecule has 0 aromatic rings. The Morgan fingerprint density at radius 1 is 1.43 bits per heavy atom. The molecule has 0 heterocycles. The van der Waals surface area contributed by atoms with Gasteiger partial charge in [-0.25, -0.2) is 0 Å². The third kappa shape index (κ3) is 6.86. The molecular weight excluding hydrogens is 182 g/mol. The predicted octanol–water partition coefficient (Wildman–Crippen LogP) is 0.940. The van der Waals surface area contributed by atoms with Crippen LogP contribution in [0.5, 0.6) is 0 Å². The van der Waals surface area contributed by atoms with Crippen LogP contribution in [-0.4, -0.2) is 32.3 Å². The molecule has 0 amide bonds. The highest BCUT2D eigenvalue weighted by Gasteiger charge is 2.10. The average molecular weight is 203 g/mol. The molecule has 4 nitrogen and oxygen atoms in total. The van der Waals surface area contributed by atoms with Crippen LogP contribution < -0.4 is 5.73 Å². The highest BCUT2D eigenvalue weighted by atomic mass is 16.6. The SMILES string of the molecule is COCC(C)OC(=O)CCC(C)CN. The molecule has 0 aliphatic heterocycles. The van der Waals surface area contributed by atoms with Gasteiger partial charge in [0.25, 0.3) is 0 Å². The van der Waals surface area contributed by atoms with Crippen LogP contribution in [-0.2, 0) is 14.3 Å². The summed E-state index contributed by atoms with van der Waals surface area (Å²) in [5, 5.41) is 0. The summed E-state index contributed by atoms with van der Waals surface area (Å²) in [6, 6.07) is 0. The first-order chi connectivity index (χ1) is 6.60. The molecule has 2 atom stereocenters. The Morgan fingerprint density at radius 3 is 2.57 bits per heavy atom. The second-order valence-corrected chi connectivity index (χ2v) is 3.64. The highest BCUT2D eigenvalue weighted by molar-refractivity contribution is 5.69. The van der Waals surface area contributed by atoms with E-state index < -0.39 is 0 Å². The standard InChI is InChI=1S/C10H21NO3/c1-8(6-11)4-5-10(12)14-9(2)7-13-3/h8-9H,4-7,11H2,1-3H3. The van der Waals surface area contributed by atoms with Crippen molar-refractivity contribution in [2.24, 2.45) is 11.7 Å². The van der Waals surface area contributed by atoms with E-state index in [1.807, 2.05) is 13.8 Å². The molecule has 0 saturated heterocycles. The van der Waals surface area contributed by atoms with Crippen LogP contribution in [0.2, 0.25) is 0 Å². The number of hydrogen-bond donors (Lipinski definition) is 1. The van der Waals surface area contributed by atoms with Gasteiger partial charge in [-0.1, -0.05) is 6.92 Å². The zero-order chi connectivity index (χ0) is 11.0. The van der Waals surface area contributed by atoms with Crippen LogP contribution in [0.3, 0.4) is 0 Å². The number of ether oxygens (including phenoxy) is 2. The first-order valence-electron chi connectivity index (χ1n) is 4.98. The molecule has 0 rings (SSSR count). The van der Waals surface area contributed by atoms with E-state index in [4.69, 9.17) is 15.2 Å². The van der Waals surface area contributed by atoms with Crippen molar-refractivity contribution in [2.75, 3.05) is 20.3 Å². The van der Waals surface area contributed by atoms with Gasteiger partial charge in [-0.3, -0.25) is 4.79 Å². The normalized spacial score (nSPS) is 14.9. The van der Waals surface area contributed by atoms with Crippen molar-refractivity contribution in [1.29, 1.82) is 0 Å². The fourth-order valence-corrected chi connectivity index (χ4v) is 1.03. The summed E-state index contributed by atoms with van der Waals surface area (Å²) in [4.78, 5) is 11.2. The predicted molar refractivity (Wildman–Crippen MR) is 54.9 cm³/mol. The molecule has 0 fully saturated rings. The van der Waals surface area contributed by atoms with Crippen LogP contribution in [0.15, 0.2) is 0 Å². The van der Waals surface area contributed by atoms with Gasteiger partial charge in [0.05, 0.1) is 6.61 Å². The fraction of sp³-hybridized carbons (Fsp3) is 0.900. The van der Waals surface area contributed by atoms with Gasteiger partial charge >= 0.3 is 5.97 Å². The molecule has 0 aliphatic carbocycles. The summed E-state index contributed by atoms with van der Waals surface area (Å²) in [6.45, 7) is 4.89. The monoisotopic (exact) mass is 203 g/mol. The van der Waals surface area contributed by atoms with E-state index in [-0.39, 0.29) is 12.1 Å². The van der Waals surface area contributed by atoms with E-state index in [0.29, 0.717) is 25.5 Å². The first-order valence-corrected chi connectivity index (χ1v) is 4.98. The lowest BCUT2D eigenvalue weighted by molar-refractivity contribution is -0.150. The maximum absolute atomic E-state index is 11.2. The number of hydrogen-bond acceptors (Lipinski definition) is 4. The van der Waals surface area contributed by atoms with Gasteiger partial charge in [0.2, 0.25) is 0 Å². The van der Waals surface area contributed by atoms with Crippen molar-refractivity contribution in [3.63, 3.8) is 0 Å². The van der Waals surface area contributed by atoms with Crippen LogP contribution in [0.4, 0.5) is 0 Å². The highest BCUT2D eigenvalue weighted by Crippen LogP contribution is 2.05. The molecule has 0 saturated carbocycles. The zero-order valence-corrected chi connectivity index (χ0v) is 9.29. The van der Waals surface area contributed by atoms with Crippen molar-refractivity contribution in [3.05, 3.63) is 0 Å². The number of esters is 1. The molecule has 0 radical (unpaired) electrons. The zero-order valence-electron chi connectivity index (χ0n) is 9.29. The molecule has 0 aromatic heterocycles. The van der Waals surface area contributed by atoms with Crippen LogP contribution in [0, 0.1) is 5.92 Å². The van der Waals surface area contributed by atoms with Gasteiger partial charge < -0.3 is 15.2 Å². The largest absolute Gasteiger partial charge is 0.460 e. The molecular formula is C10H21NO3. The minimum absolute atomic E-state index is 0.166. The first kappa shape index (κ1) is 13.4. The lowest BCUT2D eigenvalue weighted by atomic mass is 10.1. The summed E-state index contributed by atoms with van der Waals surface area (Å²) < 4.78 is 9.93. The summed E-state index contributed by atoms with van der Waals surface area (Å²) >= 11 is 0.